The van der Waals surface area contributed by atoms with E-state index in [0.29, 0.717) is 12.4 Å². The molecular weight excluding hydrogens is 312 g/mol. The van der Waals surface area contributed by atoms with Gasteiger partial charge >= 0.3 is 5.97 Å². The Kier molecular flexibility index (Phi) is 5.57. The minimum atomic E-state index is -1.06. The fraction of sp³-hybridized carbons (Fsp3) is 0.353. The Morgan fingerprint density at radius 3 is 2.50 bits per heavy atom. The molecule has 2 rings (SSSR count). The second-order valence-electron chi connectivity index (χ2n) is 5.54. The third-order valence-corrected chi connectivity index (χ3v) is 3.60. The van der Waals surface area contributed by atoms with Gasteiger partial charge in [0.15, 0.2) is 0 Å². The molecule has 1 atom stereocenters. The average molecular weight is 332 g/mol. The fourth-order valence-electron chi connectivity index (χ4n) is 2.11. The number of nitrogens with zero attached hydrogens (tertiary/aromatic N) is 1. The van der Waals surface area contributed by atoms with Crippen molar-refractivity contribution in [3.63, 3.8) is 0 Å². The lowest BCUT2D eigenvalue weighted by atomic mass is 10.1. The number of ether oxygens (including phenoxy) is 1. The van der Waals surface area contributed by atoms with Crippen LogP contribution in [0.15, 0.2) is 28.8 Å². The predicted octanol–water partition coefficient (Wildman–Crippen LogP) is 2.00. The summed E-state index contributed by atoms with van der Waals surface area (Å²) in [6.45, 7) is 5.47. The molecule has 0 saturated heterocycles. The highest BCUT2D eigenvalue weighted by Gasteiger charge is 2.14. The molecule has 1 aromatic carbocycles. The van der Waals surface area contributed by atoms with Crippen molar-refractivity contribution in [3.8, 4) is 5.75 Å². The average Bonchev–Trinajstić information content (AvgIpc) is 2.85. The maximum atomic E-state index is 11.7. The number of carbonyl (C=O) groups excluding carboxylic acids is 1. The molecule has 128 valence electrons. The van der Waals surface area contributed by atoms with Crippen molar-refractivity contribution >= 4 is 11.9 Å². The van der Waals surface area contributed by atoms with Crippen LogP contribution in [-0.4, -0.2) is 28.2 Å². The number of benzene rings is 1. The highest BCUT2D eigenvalue weighted by atomic mass is 16.5. The van der Waals surface area contributed by atoms with Crippen LogP contribution >= 0.6 is 0 Å². The molecule has 7 nitrogen and oxygen atoms in total. The largest absolute Gasteiger partial charge is 0.489 e. The molecule has 1 amide bonds. The quantitative estimate of drug-likeness (QED) is 0.804. The summed E-state index contributed by atoms with van der Waals surface area (Å²) in [6.07, 6.45) is 0.113. The van der Waals surface area contributed by atoms with Crippen LogP contribution in [0.3, 0.4) is 0 Å². The Hall–Kier alpha value is -2.83. The predicted molar refractivity (Wildman–Crippen MR) is 85.7 cm³/mol. The molecule has 0 aliphatic heterocycles. The second kappa shape index (κ2) is 7.63. The molecule has 0 unspecified atom stereocenters. The topological polar surface area (TPSA) is 102 Å². The van der Waals surface area contributed by atoms with Crippen LogP contribution in [0.5, 0.6) is 5.75 Å². The number of carboxylic acid groups (broad SMARTS) is 1. The zero-order valence-corrected chi connectivity index (χ0v) is 13.8. The minimum Gasteiger partial charge on any atom is -0.489 e. The Balaban J connectivity index is 1.89. The molecule has 0 spiro atoms. The third kappa shape index (κ3) is 4.58. The van der Waals surface area contributed by atoms with E-state index in [9.17, 15) is 9.59 Å². The molecular formula is C17H20N2O5. The maximum absolute atomic E-state index is 11.7. The molecule has 24 heavy (non-hydrogen) atoms. The van der Waals surface area contributed by atoms with E-state index in [2.05, 4.69) is 10.5 Å². The van der Waals surface area contributed by atoms with Gasteiger partial charge in [0.25, 0.3) is 0 Å². The van der Waals surface area contributed by atoms with Crippen molar-refractivity contribution in [2.24, 2.45) is 0 Å². The number of carboxylic acids is 1. The molecule has 1 heterocycles. The van der Waals surface area contributed by atoms with E-state index < -0.39 is 12.0 Å². The van der Waals surface area contributed by atoms with Crippen LogP contribution in [-0.2, 0) is 22.6 Å². The normalized spacial score (nSPS) is 11.8. The standard InChI is InChI=1S/C17H20N2O5/c1-10-15(12(3)24-19-10)9-23-14-6-4-13(5-7-14)8-16(20)18-11(2)17(21)22/h4-7,11H,8-9H2,1-3H3,(H,18,20)(H,21,22)/t11-/m1/s1. The maximum Gasteiger partial charge on any atom is 0.325 e. The Morgan fingerprint density at radius 2 is 1.96 bits per heavy atom. The van der Waals surface area contributed by atoms with Gasteiger partial charge in [-0.3, -0.25) is 9.59 Å². The van der Waals surface area contributed by atoms with Crippen molar-refractivity contribution in [2.45, 2.75) is 39.8 Å². The minimum absolute atomic E-state index is 0.113. The Labute approximate surface area is 139 Å². The number of nitrogens with one attached hydrogen (secondary N) is 1. The van der Waals surface area contributed by atoms with Crippen molar-refractivity contribution in [2.75, 3.05) is 0 Å². The first-order valence-electron chi connectivity index (χ1n) is 7.52. The molecule has 2 aromatic rings. The SMILES string of the molecule is Cc1noc(C)c1COc1ccc(CC(=O)N[C@H](C)C(=O)O)cc1. The van der Waals surface area contributed by atoms with E-state index in [1.54, 1.807) is 24.3 Å². The van der Waals surface area contributed by atoms with Crippen LogP contribution in [0.25, 0.3) is 0 Å². The van der Waals surface area contributed by atoms with Gasteiger partial charge in [0.05, 0.1) is 17.7 Å². The van der Waals surface area contributed by atoms with E-state index in [1.807, 2.05) is 13.8 Å². The summed E-state index contributed by atoms with van der Waals surface area (Å²) in [5.74, 6) is -0.00730. The number of aryl methyl sites for hydroxylation is 2. The van der Waals surface area contributed by atoms with E-state index in [4.69, 9.17) is 14.4 Å². The highest BCUT2D eigenvalue weighted by Crippen LogP contribution is 2.18. The lowest BCUT2D eigenvalue weighted by Gasteiger charge is -2.10. The lowest BCUT2D eigenvalue weighted by molar-refractivity contribution is -0.141. The van der Waals surface area contributed by atoms with Crippen molar-refractivity contribution < 1.29 is 24.0 Å². The van der Waals surface area contributed by atoms with Crippen LogP contribution < -0.4 is 10.1 Å². The van der Waals surface area contributed by atoms with Gasteiger partial charge in [-0.25, -0.2) is 0 Å². The molecule has 7 heteroatoms. The highest BCUT2D eigenvalue weighted by molar-refractivity contribution is 5.84. The van der Waals surface area contributed by atoms with Gasteiger partial charge in [-0.15, -0.1) is 0 Å². The summed E-state index contributed by atoms with van der Waals surface area (Å²) >= 11 is 0. The van der Waals surface area contributed by atoms with Crippen LogP contribution in [0.4, 0.5) is 0 Å². The van der Waals surface area contributed by atoms with E-state index in [1.165, 1.54) is 6.92 Å². The second-order valence-corrected chi connectivity index (χ2v) is 5.54. The Bertz CT molecular complexity index is 702. The smallest absolute Gasteiger partial charge is 0.325 e. The first-order valence-corrected chi connectivity index (χ1v) is 7.52. The molecule has 0 fully saturated rings. The number of hydrogen-bond donors (Lipinski definition) is 2. The number of rotatable bonds is 7. The Morgan fingerprint density at radius 1 is 1.29 bits per heavy atom. The summed E-state index contributed by atoms with van der Waals surface area (Å²) in [5.41, 5.74) is 2.49. The molecule has 0 aliphatic carbocycles. The number of hydrogen-bond acceptors (Lipinski definition) is 5. The van der Waals surface area contributed by atoms with Crippen molar-refractivity contribution in [3.05, 3.63) is 46.8 Å². The first kappa shape index (κ1) is 17.5. The number of carbonyl (C=O) groups is 2. The molecule has 0 radical (unpaired) electrons. The van der Waals surface area contributed by atoms with Gasteiger partial charge in [0, 0.05) is 0 Å². The number of aromatic nitrogens is 1. The van der Waals surface area contributed by atoms with Crippen molar-refractivity contribution in [1.29, 1.82) is 0 Å². The van der Waals surface area contributed by atoms with Crippen LogP contribution in [0.1, 0.15) is 29.5 Å². The van der Waals surface area contributed by atoms with Gasteiger partial charge in [0.2, 0.25) is 5.91 Å². The molecule has 1 aromatic heterocycles. The molecule has 2 N–H and O–H groups in total. The first-order chi connectivity index (χ1) is 11.4. The van der Waals surface area contributed by atoms with E-state index in [-0.39, 0.29) is 12.3 Å². The molecule has 0 saturated carbocycles. The van der Waals surface area contributed by atoms with Gasteiger partial charge < -0.3 is 19.7 Å². The van der Waals surface area contributed by atoms with E-state index >= 15 is 0 Å². The summed E-state index contributed by atoms with van der Waals surface area (Å²) in [6, 6.07) is 6.17. The van der Waals surface area contributed by atoms with E-state index in [0.717, 1.165) is 22.6 Å². The number of amides is 1. The monoisotopic (exact) mass is 332 g/mol. The van der Waals surface area contributed by atoms with Crippen LogP contribution in [0.2, 0.25) is 0 Å². The van der Waals surface area contributed by atoms with Gasteiger partial charge in [-0.1, -0.05) is 17.3 Å². The zero-order valence-electron chi connectivity index (χ0n) is 13.8. The summed E-state index contributed by atoms with van der Waals surface area (Å²) in [4.78, 5) is 22.5. The zero-order chi connectivity index (χ0) is 17.7. The lowest BCUT2D eigenvalue weighted by Crippen LogP contribution is -2.39. The summed E-state index contributed by atoms with van der Waals surface area (Å²) < 4.78 is 10.8. The summed E-state index contributed by atoms with van der Waals surface area (Å²) in [7, 11) is 0. The van der Waals surface area contributed by atoms with Crippen molar-refractivity contribution in [1.82, 2.24) is 10.5 Å². The number of aliphatic carboxylic acids is 1. The van der Waals surface area contributed by atoms with Gasteiger partial charge in [-0.05, 0) is 38.5 Å². The van der Waals surface area contributed by atoms with Gasteiger partial charge in [-0.2, -0.15) is 0 Å². The fourth-order valence-corrected chi connectivity index (χ4v) is 2.11. The molecule has 0 bridgehead atoms. The third-order valence-electron chi connectivity index (χ3n) is 3.60. The van der Waals surface area contributed by atoms with Crippen LogP contribution in [0, 0.1) is 13.8 Å². The van der Waals surface area contributed by atoms with Gasteiger partial charge in [0.1, 0.15) is 24.2 Å². The molecule has 0 aliphatic rings. The summed E-state index contributed by atoms with van der Waals surface area (Å²) in [5, 5.41) is 15.0.